The largest absolute Gasteiger partial charge is 0.493 e. The Morgan fingerprint density at radius 3 is 2.50 bits per heavy atom. The van der Waals surface area contributed by atoms with E-state index in [1.807, 2.05) is 18.4 Å². The molecule has 2 aromatic carbocycles. The van der Waals surface area contributed by atoms with E-state index in [9.17, 15) is 28.3 Å². The third kappa shape index (κ3) is 5.58. The molecule has 12 heteroatoms. The Balaban J connectivity index is 1.68. The standard InChI is InChI=1S/C30H26F2N4O5S/c1-2-7-34-29(38)23-4-3-17(25(35-23)30(39)40)18-13-24-20(27-16(5-8-41-24)6-9-42-27)12-19(18)28(37)36-26-21(31)10-15(14-33)11-22(26)32/h3-4,6,9-13H,2,5,7-8,14,33H2,1H3,(H,34,38)(H,36,37)(H,39,40). The second kappa shape index (κ2) is 12.0. The average molecular weight is 593 g/mol. The third-order valence-electron chi connectivity index (χ3n) is 6.72. The van der Waals surface area contributed by atoms with E-state index in [2.05, 4.69) is 15.6 Å². The summed E-state index contributed by atoms with van der Waals surface area (Å²) in [7, 11) is 0. The predicted molar refractivity (Wildman–Crippen MR) is 154 cm³/mol. The van der Waals surface area contributed by atoms with Crippen LogP contribution in [-0.2, 0) is 13.0 Å². The summed E-state index contributed by atoms with van der Waals surface area (Å²) in [5.41, 5.74) is 6.04. The fraction of sp³-hybridized carbons (Fsp3) is 0.200. The summed E-state index contributed by atoms with van der Waals surface area (Å²) >= 11 is 1.44. The minimum Gasteiger partial charge on any atom is -0.493 e. The molecule has 0 radical (unpaired) electrons. The number of carbonyl (C=O) groups is 3. The van der Waals surface area contributed by atoms with E-state index in [4.69, 9.17) is 10.5 Å². The first-order valence-electron chi connectivity index (χ1n) is 13.1. The van der Waals surface area contributed by atoms with Gasteiger partial charge in [-0.05, 0) is 65.4 Å². The van der Waals surface area contributed by atoms with Gasteiger partial charge in [0, 0.05) is 46.6 Å². The normalized spacial score (nSPS) is 12.0. The van der Waals surface area contributed by atoms with Gasteiger partial charge in [0.05, 0.1) is 6.61 Å². The minimum atomic E-state index is -1.44. The SMILES string of the molecule is CCCNC(=O)c1ccc(-c2cc3c(cc2C(=O)Nc2c(F)cc(CN)cc2F)-c2sccc2CCO3)c(C(=O)O)n1. The van der Waals surface area contributed by atoms with Gasteiger partial charge in [0.25, 0.3) is 11.8 Å². The molecule has 0 unspecified atom stereocenters. The molecular formula is C30H26F2N4O5S. The molecule has 216 valence electrons. The van der Waals surface area contributed by atoms with Crippen LogP contribution in [0.1, 0.15) is 55.8 Å². The number of thiophene rings is 1. The first-order chi connectivity index (χ1) is 20.2. The van der Waals surface area contributed by atoms with Crippen molar-refractivity contribution in [1.29, 1.82) is 0 Å². The number of hydrogen-bond donors (Lipinski definition) is 4. The number of hydrogen-bond acceptors (Lipinski definition) is 7. The highest BCUT2D eigenvalue weighted by atomic mass is 32.1. The number of carboxylic acids is 1. The molecule has 2 aromatic heterocycles. The fourth-order valence-corrected chi connectivity index (χ4v) is 5.64. The van der Waals surface area contributed by atoms with Crippen LogP contribution in [0, 0.1) is 11.6 Å². The van der Waals surface area contributed by atoms with E-state index >= 15 is 0 Å². The van der Waals surface area contributed by atoms with Crippen molar-refractivity contribution in [1.82, 2.24) is 10.3 Å². The van der Waals surface area contributed by atoms with Crippen molar-refractivity contribution in [2.75, 3.05) is 18.5 Å². The molecule has 3 heterocycles. The molecule has 0 spiro atoms. The van der Waals surface area contributed by atoms with Crippen LogP contribution in [0.3, 0.4) is 0 Å². The maximum atomic E-state index is 14.8. The Labute approximate surface area is 243 Å². The zero-order chi connectivity index (χ0) is 30.0. The topological polar surface area (TPSA) is 144 Å². The lowest BCUT2D eigenvalue weighted by Crippen LogP contribution is -2.25. The van der Waals surface area contributed by atoms with E-state index < -0.39 is 40.8 Å². The number of aromatic carboxylic acids is 1. The van der Waals surface area contributed by atoms with Crippen molar-refractivity contribution in [3.05, 3.63) is 87.6 Å². The molecule has 1 aliphatic rings. The summed E-state index contributed by atoms with van der Waals surface area (Å²) in [6.45, 7) is 2.49. The molecule has 4 aromatic rings. The number of carboxylic acid groups (broad SMARTS) is 1. The van der Waals surface area contributed by atoms with Crippen LogP contribution in [0.4, 0.5) is 14.5 Å². The van der Waals surface area contributed by atoms with Gasteiger partial charge in [0.1, 0.15) is 28.8 Å². The lowest BCUT2D eigenvalue weighted by Gasteiger charge is -2.17. The van der Waals surface area contributed by atoms with Crippen LogP contribution in [0.15, 0.2) is 47.8 Å². The van der Waals surface area contributed by atoms with Gasteiger partial charge < -0.3 is 26.2 Å². The Kier molecular flexibility index (Phi) is 8.27. The first-order valence-corrected chi connectivity index (χ1v) is 14.0. The number of aromatic nitrogens is 1. The molecule has 0 atom stereocenters. The van der Waals surface area contributed by atoms with E-state index in [-0.39, 0.29) is 34.5 Å². The molecule has 5 rings (SSSR count). The Morgan fingerprint density at radius 2 is 1.81 bits per heavy atom. The molecule has 0 bridgehead atoms. The van der Waals surface area contributed by atoms with Crippen LogP contribution < -0.4 is 21.1 Å². The van der Waals surface area contributed by atoms with Gasteiger partial charge >= 0.3 is 5.97 Å². The van der Waals surface area contributed by atoms with Gasteiger partial charge in [0.2, 0.25) is 0 Å². The van der Waals surface area contributed by atoms with Gasteiger partial charge in [0.15, 0.2) is 5.69 Å². The quantitative estimate of drug-likeness (QED) is 0.219. The smallest absolute Gasteiger partial charge is 0.355 e. The van der Waals surface area contributed by atoms with E-state index in [1.54, 1.807) is 0 Å². The molecule has 42 heavy (non-hydrogen) atoms. The summed E-state index contributed by atoms with van der Waals surface area (Å²) in [4.78, 5) is 43.5. The van der Waals surface area contributed by atoms with Crippen LogP contribution in [0.5, 0.6) is 5.75 Å². The highest BCUT2D eigenvalue weighted by Crippen LogP contribution is 2.43. The van der Waals surface area contributed by atoms with Gasteiger partial charge in [-0.15, -0.1) is 11.3 Å². The number of anilines is 1. The average Bonchev–Trinajstić information content (AvgIpc) is 3.38. The number of amides is 2. The number of rotatable bonds is 8. The maximum absolute atomic E-state index is 14.8. The molecule has 0 saturated heterocycles. The van der Waals surface area contributed by atoms with Gasteiger partial charge in [-0.2, -0.15) is 0 Å². The number of ether oxygens (including phenoxy) is 1. The van der Waals surface area contributed by atoms with Gasteiger partial charge in [-0.25, -0.2) is 18.6 Å². The highest BCUT2D eigenvalue weighted by molar-refractivity contribution is 7.13. The summed E-state index contributed by atoms with van der Waals surface area (Å²) in [5.74, 6) is -4.51. The van der Waals surface area contributed by atoms with Crippen molar-refractivity contribution in [2.45, 2.75) is 26.3 Å². The summed E-state index contributed by atoms with van der Waals surface area (Å²) in [5, 5.41) is 16.9. The van der Waals surface area contributed by atoms with Crippen molar-refractivity contribution >= 4 is 34.8 Å². The van der Waals surface area contributed by atoms with Crippen molar-refractivity contribution < 1.29 is 33.0 Å². The minimum absolute atomic E-state index is 0.0150. The zero-order valence-corrected chi connectivity index (χ0v) is 23.2. The molecule has 9 nitrogen and oxygen atoms in total. The van der Waals surface area contributed by atoms with Crippen LogP contribution in [-0.4, -0.2) is 41.0 Å². The third-order valence-corrected chi connectivity index (χ3v) is 7.71. The summed E-state index contributed by atoms with van der Waals surface area (Å²) < 4.78 is 35.6. The molecule has 1 aliphatic heterocycles. The number of halogens is 2. The van der Waals surface area contributed by atoms with Gasteiger partial charge in [-0.1, -0.05) is 6.92 Å². The second-order valence-corrected chi connectivity index (χ2v) is 10.4. The summed E-state index contributed by atoms with van der Waals surface area (Å²) in [6.07, 6.45) is 1.28. The molecule has 5 N–H and O–H groups in total. The van der Waals surface area contributed by atoms with E-state index in [1.165, 1.54) is 35.6 Å². The molecule has 2 amide bonds. The fourth-order valence-electron chi connectivity index (χ4n) is 4.67. The van der Waals surface area contributed by atoms with Crippen LogP contribution >= 0.6 is 11.3 Å². The molecular weight excluding hydrogens is 566 g/mol. The monoisotopic (exact) mass is 592 g/mol. The molecule has 0 saturated carbocycles. The maximum Gasteiger partial charge on any atom is 0.355 e. The Hall–Kier alpha value is -4.68. The summed E-state index contributed by atoms with van der Waals surface area (Å²) in [6, 6.07) is 9.75. The van der Waals surface area contributed by atoms with Crippen molar-refractivity contribution in [3.63, 3.8) is 0 Å². The lowest BCUT2D eigenvalue weighted by atomic mass is 9.93. The number of fused-ring (bicyclic) bond motifs is 3. The van der Waals surface area contributed by atoms with Crippen molar-refractivity contribution in [2.24, 2.45) is 5.73 Å². The number of pyridine rings is 1. The number of nitrogens with one attached hydrogen (secondary N) is 2. The van der Waals surface area contributed by atoms with Crippen LogP contribution in [0.25, 0.3) is 21.6 Å². The number of nitrogens with zero attached hydrogens (tertiary/aromatic N) is 1. The Morgan fingerprint density at radius 1 is 1.05 bits per heavy atom. The zero-order valence-electron chi connectivity index (χ0n) is 22.4. The highest BCUT2D eigenvalue weighted by Gasteiger charge is 2.27. The van der Waals surface area contributed by atoms with E-state index in [0.717, 1.165) is 22.6 Å². The van der Waals surface area contributed by atoms with E-state index in [0.29, 0.717) is 37.3 Å². The van der Waals surface area contributed by atoms with Crippen molar-refractivity contribution in [3.8, 4) is 27.3 Å². The molecule has 0 aliphatic carbocycles. The Bertz CT molecular complexity index is 1700. The lowest BCUT2D eigenvalue weighted by molar-refractivity contribution is 0.0691. The number of nitrogens with two attached hydrogens (primary N) is 1. The molecule has 0 fully saturated rings. The van der Waals surface area contributed by atoms with Crippen LogP contribution in [0.2, 0.25) is 0 Å². The number of carbonyl (C=O) groups excluding carboxylic acids is 2. The first kappa shape index (κ1) is 28.8. The predicted octanol–water partition coefficient (Wildman–Crippen LogP) is 5.24. The number of benzene rings is 2. The van der Waals surface area contributed by atoms with Gasteiger partial charge in [-0.3, -0.25) is 9.59 Å². The second-order valence-electron chi connectivity index (χ2n) is 9.51.